The molecule has 0 fully saturated rings. The van der Waals surface area contributed by atoms with Crippen LogP contribution < -0.4 is 10.6 Å². The maximum atomic E-state index is 12.6. The minimum absolute atomic E-state index is 0.00802. The number of amides is 2. The molecule has 2 aromatic carbocycles. The van der Waals surface area contributed by atoms with Crippen molar-refractivity contribution in [3.8, 4) is 0 Å². The van der Waals surface area contributed by atoms with E-state index in [1.165, 1.54) is 18.2 Å². The molecule has 0 aliphatic heterocycles. The van der Waals surface area contributed by atoms with Crippen molar-refractivity contribution < 1.29 is 18.0 Å². The van der Waals surface area contributed by atoms with Crippen LogP contribution in [0.4, 0.5) is 5.69 Å². The standard InChI is InChI=1S/C18H19ClN2O4S/c1-11(2)20-17(22)13-6-4-5-7-16(13)21-18(23)14-10-12(26(3,24)25)8-9-15(14)19/h4-11H,1-3H3,(H,20,22)(H,21,23). The van der Waals surface area contributed by atoms with Crippen LogP contribution in [0, 0.1) is 0 Å². The lowest BCUT2D eigenvalue weighted by molar-refractivity contribution is 0.0944. The smallest absolute Gasteiger partial charge is 0.257 e. The molecule has 2 rings (SSSR count). The molecule has 0 saturated heterocycles. The molecule has 2 amide bonds. The topological polar surface area (TPSA) is 92.3 Å². The summed E-state index contributed by atoms with van der Waals surface area (Å²) in [6.07, 6.45) is 1.05. The molecular weight excluding hydrogens is 376 g/mol. The predicted octanol–water partition coefficient (Wildman–Crippen LogP) is 3.13. The fourth-order valence-corrected chi connectivity index (χ4v) is 3.08. The van der Waals surface area contributed by atoms with Crippen LogP contribution in [0.5, 0.6) is 0 Å². The van der Waals surface area contributed by atoms with Crippen molar-refractivity contribution >= 4 is 38.9 Å². The van der Waals surface area contributed by atoms with Crippen molar-refractivity contribution in [3.05, 3.63) is 58.6 Å². The average Bonchev–Trinajstić information content (AvgIpc) is 2.53. The molecule has 0 aliphatic rings. The number of hydrogen-bond acceptors (Lipinski definition) is 4. The fraction of sp³-hybridized carbons (Fsp3) is 0.222. The predicted molar refractivity (Wildman–Crippen MR) is 102 cm³/mol. The maximum Gasteiger partial charge on any atom is 0.257 e. The molecule has 6 nitrogen and oxygen atoms in total. The summed E-state index contributed by atoms with van der Waals surface area (Å²) in [5.74, 6) is -0.933. The van der Waals surface area contributed by atoms with Crippen LogP contribution in [0.2, 0.25) is 5.02 Å². The number of anilines is 1. The van der Waals surface area contributed by atoms with Gasteiger partial charge in [-0.3, -0.25) is 9.59 Å². The average molecular weight is 395 g/mol. The highest BCUT2D eigenvalue weighted by atomic mass is 35.5. The highest BCUT2D eigenvalue weighted by molar-refractivity contribution is 7.90. The van der Waals surface area contributed by atoms with E-state index in [1.807, 2.05) is 13.8 Å². The zero-order valence-electron chi connectivity index (χ0n) is 14.5. The Morgan fingerprint density at radius 1 is 1.00 bits per heavy atom. The van der Waals surface area contributed by atoms with E-state index in [0.29, 0.717) is 11.3 Å². The summed E-state index contributed by atoms with van der Waals surface area (Å²) in [7, 11) is -3.49. The molecule has 26 heavy (non-hydrogen) atoms. The third-order valence-corrected chi connectivity index (χ3v) is 4.89. The number of benzene rings is 2. The number of carbonyl (C=O) groups is 2. The lowest BCUT2D eigenvalue weighted by Gasteiger charge is -2.14. The Kier molecular flexibility index (Phi) is 6.05. The van der Waals surface area contributed by atoms with Crippen molar-refractivity contribution in [1.29, 1.82) is 0 Å². The first-order chi connectivity index (χ1) is 12.1. The Bertz CT molecular complexity index is 955. The summed E-state index contributed by atoms with van der Waals surface area (Å²) < 4.78 is 23.4. The summed E-state index contributed by atoms with van der Waals surface area (Å²) in [5.41, 5.74) is 0.607. The summed E-state index contributed by atoms with van der Waals surface area (Å²) in [6.45, 7) is 3.66. The Morgan fingerprint density at radius 3 is 2.27 bits per heavy atom. The summed E-state index contributed by atoms with van der Waals surface area (Å²) in [4.78, 5) is 24.9. The Hall–Kier alpha value is -2.38. The second-order valence-corrected chi connectivity index (χ2v) is 8.46. The van der Waals surface area contributed by atoms with Crippen LogP contribution in [-0.4, -0.2) is 32.5 Å². The van der Waals surface area contributed by atoms with Crippen LogP contribution in [0.15, 0.2) is 47.4 Å². The number of rotatable bonds is 5. The molecule has 0 aliphatic carbocycles. The van der Waals surface area contributed by atoms with E-state index >= 15 is 0 Å². The molecule has 8 heteroatoms. The Balaban J connectivity index is 2.36. The molecule has 0 saturated carbocycles. The zero-order valence-corrected chi connectivity index (χ0v) is 16.1. The van der Waals surface area contributed by atoms with Gasteiger partial charge in [-0.05, 0) is 44.2 Å². The van der Waals surface area contributed by atoms with E-state index in [2.05, 4.69) is 10.6 Å². The highest BCUT2D eigenvalue weighted by Crippen LogP contribution is 2.23. The molecule has 0 spiro atoms. The molecular formula is C18H19ClN2O4S. The minimum Gasteiger partial charge on any atom is -0.350 e. The van der Waals surface area contributed by atoms with Crippen LogP contribution >= 0.6 is 11.6 Å². The van der Waals surface area contributed by atoms with Gasteiger partial charge in [-0.15, -0.1) is 0 Å². The van der Waals surface area contributed by atoms with Gasteiger partial charge in [-0.25, -0.2) is 8.42 Å². The second kappa shape index (κ2) is 7.88. The lowest BCUT2D eigenvalue weighted by Crippen LogP contribution is -2.31. The second-order valence-electron chi connectivity index (χ2n) is 6.04. The molecule has 2 N–H and O–H groups in total. The van der Waals surface area contributed by atoms with Gasteiger partial charge in [0.05, 0.1) is 26.7 Å². The zero-order chi connectivity index (χ0) is 19.5. The van der Waals surface area contributed by atoms with Gasteiger partial charge in [-0.2, -0.15) is 0 Å². The molecule has 0 heterocycles. The van der Waals surface area contributed by atoms with Crippen molar-refractivity contribution in [2.75, 3.05) is 11.6 Å². The molecule has 0 bridgehead atoms. The van der Waals surface area contributed by atoms with Crippen molar-refractivity contribution in [1.82, 2.24) is 5.32 Å². The summed E-state index contributed by atoms with van der Waals surface area (Å²) in [6, 6.07) is 10.4. The molecule has 2 aromatic rings. The van der Waals surface area contributed by atoms with Gasteiger partial charge in [0.15, 0.2) is 9.84 Å². The number of halogens is 1. The fourth-order valence-electron chi connectivity index (χ4n) is 2.23. The Labute approximate surface area is 157 Å². The monoisotopic (exact) mass is 394 g/mol. The molecule has 0 atom stereocenters. The highest BCUT2D eigenvalue weighted by Gasteiger charge is 2.18. The van der Waals surface area contributed by atoms with Crippen LogP contribution in [0.3, 0.4) is 0 Å². The quantitative estimate of drug-likeness (QED) is 0.814. The van der Waals surface area contributed by atoms with Crippen LogP contribution in [-0.2, 0) is 9.84 Å². The number of carbonyl (C=O) groups excluding carboxylic acids is 2. The SMILES string of the molecule is CC(C)NC(=O)c1ccccc1NC(=O)c1cc(S(C)(=O)=O)ccc1Cl. The third-order valence-electron chi connectivity index (χ3n) is 3.45. The summed E-state index contributed by atoms with van der Waals surface area (Å²) in [5, 5.41) is 5.49. The Morgan fingerprint density at radius 2 is 1.65 bits per heavy atom. The first-order valence-electron chi connectivity index (χ1n) is 7.80. The van der Waals surface area contributed by atoms with Gasteiger partial charge < -0.3 is 10.6 Å². The van der Waals surface area contributed by atoms with E-state index < -0.39 is 15.7 Å². The van der Waals surface area contributed by atoms with Gasteiger partial charge in [0.2, 0.25) is 0 Å². The van der Waals surface area contributed by atoms with Gasteiger partial charge in [0.1, 0.15) is 0 Å². The van der Waals surface area contributed by atoms with E-state index in [9.17, 15) is 18.0 Å². The number of nitrogens with one attached hydrogen (secondary N) is 2. The van der Waals surface area contributed by atoms with Gasteiger partial charge >= 0.3 is 0 Å². The lowest BCUT2D eigenvalue weighted by atomic mass is 10.1. The summed E-state index contributed by atoms with van der Waals surface area (Å²) >= 11 is 6.04. The van der Waals surface area contributed by atoms with E-state index in [1.54, 1.807) is 24.3 Å². The van der Waals surface area contributed by atoms with E-state index in [4.69, 9.17) is 11.6 Å². The van der Waals surface area contributed by atoms with Crippen LogP contribution in [0.25, 0.3) is 0 Å². The van der Waals surface area contributed by atoms with E-state index in [-0.39, 0.29) is 27.4 Å². The third kappa shape index (κ3) is 4.83. The number of sulfone groups is 1. The van der Waals surface area contributed by atoms with Crippen molar-refractivity contribution in [2.45, 2.75) is 24.8 Å². The van der Waals surface area contributed by atoms with Crippen LogP contribution in [0.1, 0.15) is 34.6 Å². The van der Waals surface area contributed by atoms with E-state index in [0.717, 1.165) is 6.26 Å². The maximum absolute atomic E-state index is 12.6. The normalized spacial score (nSPS) is 11.3. The first kappa shape index (κ1) is 19.9. The van der Waals surface area contributed by atoms with Crippen molar-refractivity contribution in [3.63, 3.8) is 0 Å². The van der Waals surface area contributed by atoms with Crippen molar-refractivity contribution in [2.24, 2.45) is 0 Å². The number of para-hydroxylation sites is 1. The van der Waals surface area contributed by atoms with Gasteiger partial charge in [0, 0.05) is 12.3 Å². The first-order valence-corrected chi connectivity index (χ1v) is 10.1. The largest absolute Gasteiger partial charge is 0.350 e. The number of hydrogen-bond donors (Lipinski definition) is 2. The van der Waals surface area contributed by atoms with Gasteiger partial charge in [-0.1, -0.05) is 23.7 Å². The molecule has 138 valence electrons. The molecule has 0 unspecified atom stereocenters. The molecule has 0 radical (unpaired) electrons. The van der Waals surface area contributed by atoms with Gasteiger partial charge in [0.25, 0.3) is 11.8 Å². The minimum atomic E-state index is -3.49. The molecule has 0 aromatic heterocycles.